The van der Waals surface area contributed by atoms with Crippen molar-refractivity contribution in [2.75, 3.05) is 49.6 Å². The molecule has 1 aliphatic carbocycles. The Balaban J connectivity index is 1.21. The van der Waals surface area contributed by atoms with Gasteiger partial charge in [0.25, 0.3) is 0 Å². The van der Waals surface area contributed by atoms with E-state index in [0.717, 1.165) is 80.7 Å². The molecule has 1 unspecified atom stereocenters. The van der Waals surface area contributed by atoms with Gasteiger partial charge in [-0.1, -0.05) is 0 Å². The molecular formula is C21H24N8O. The van der Waals surface area contributed by atoms with Crippen LogP contribution in [0, 0.1) is 0 Å². The molecule has 0 amide bonds. The van der Waals surface area contributed by atoms with Crippen LogP contribution in [0.2, 0.25) is 0 Å². The first-order chi connectivity index (χ1) is 14.8. The third kappa shape index (κ3) is 3.20. The molecule has 3 aromatic rings. The lowest BCUT2D eigenvalue weighted by molar-refractivity contribution is 0.184. The maximum absolute atomic E-state index is 5.50. The van der Waals surface area contributed by atoms with Gasteiger partial charge in [0, 0.05) is 62.7 Å². The maximum atomic E-state index is 5.50. The summed E-state index contributed by atoms with van der Waals surface area (Å²) in [5.74, 6) is 1.28. The predicted octanol–water partition coefficient (Wildman–Crippen LogP) is 1.75. The van der Waals surface area contributed by atoms with Crippen molar-refractivity contribution in [1.82, 2.24) is 30.0 Å². The second kappa shape index (κ2) is 7.33. The van der Waals surface area contributed by atoms with Crippen molar-refractivity contribution >= 4 is 17.5 Å². The zero-order chi connectivity index (χ0) is 19.9. The molecule has 9 heteroatoms. The van der Waals surface area contributed by atoms with Gasteiger partial charge in [-0.25, -0.2) is 15.0 Å². The standard InChI is InChI=1S/C21H24N8O/c1-2-18(23-11-16(1)28-6-4-22-5-7-28)25-21-24-10-14-9-15-12-29(17-3-8-30-13-17)27-20(15)19(14)26-21/h1-2,10-12,17,22H,3-9,13H2,(H,23,24,25,26). The van der Waals surface area contributed by atoms with Gasteiger partial charge in [0.2, 0.25) is 5.95 Å². The minimum Gasteiger partial charge on any atom is -0.379 e. The quantitative estimate of drug-likeness (QED) is 0.532. The highest BCUT2D eigenvalue weighted by molar-refractivity contribution is 5.70. The average Bonchev–Trinajstić information content (AvgIpc) is 3.51. The van der Waals surface area contributed by atoms with Crippen molar-refractivity contribution in [3.05, 3.63) is 41.9 Å². The second-order valence-corrected chi connectivity index (χ2v) is 8.01. The highest BCUT2D eigenvalue weighted by atomic mass is 16.5. The van der Waals surface area contributed by atoms with Gasteiger partial charge >= 0.3 is 0 Å². The molecule has 5 heterocycles. The molecule has 0 spiro atoms. The molecule has 154 valence electrons. The number of nitrogens with one attached hydrogen (secondary N) is 2. The number of pyridine rings is 1. The summed E-state index contributed by atoms with van der Waals surface area (Å²) in [7, 11) is 0. The Morgan fingerprint density at radius 3 is 2.80 bits per heavy atom. The first-order valence-electron chi connectivity index (χ1n) is 10.5. The third-order valence-corrected chi connectivity index (χ3v) is 6.03. The Bertz CT molecular complexity index is 1050. The molecular weight excluding hydrogens is 380 g/mol. The van der Waals surface area contributed by atoms with E-state index >= 15 is 0 Å². The lowest BCUT2D eigenvalue weighted by atomic mass is 10.2. The van der Waals surface area contributed by atoms with E-state index in [0.29, 0.717) is 12.0 Å². The Hall–Kier alpha value is -3.04. The van der Waals surface area contributed by atoms with Gasteiger partial charge in [-0.3, -0.25) is 4.68 Å². The highest BCUT2D eigenvalue weighted by Gasteiger charge is 2.28. The van der Waals surface area contributed by atoms with Crippen LogP contribution in [0.1, 0.15) is 23.6 Å². The van der Waals surface area contributed by atoms with E-state index in [1.165, 1.54) is 5.56 Å². The summed E-state index contributed by atoms with van der Waals surface area (Å²) in [5, 5.41) is 11.4. The number of rotatable bonds is 4. The summed E-state index contributed by atoms with van der Waals surface area (Å²) in [4.78, 5) is 16.1. The first-order valence-corrected chi connectivity index (χ1v) is 10.5. The van der Waals surface area contributed by atoms with Crippen molar-refractivity contribution in [3.8, 4) is 11.4 Å². The fourth-order valence-electron chi connectivity index (χ4n) is 4.37. The molecule has 30 heavy (non-hydrogen) atoms. The summed E-state index contributed by atoms with van der Waals surface area (Å²) >= 11 is 0. The Morgan fingerprint density at radius 2 is 2.00 bits per heavy atom. The van der Waals surface area contributed by atoms with Crippen molar-refractivity contribution in [3.63, 3.8) is 0 Å². The molecule has 2 fully saturated rings. The van der Waals surface area contributed by atoms with Crippen LogP contribution < -0.4 is 15.5 Å². The first kappa shape index (κ1) is 17.8. The molecule has 3 aromatic heterocycles. The van der Waals surface area contributed by atoms with E-state index < -0.39 is 0 Å². The van der Waals surface area contributed by atoms with Crippen LogP contribution in [-0.4, -0.2) is 64.1 Å². The normalized spacial score (nSPS) is 20.3. The number of anilines is 3. The summed E-state index contributed by atoms with van der Waals surface area (Å²) in [5.41, 5.74) is 5.35. The molecule has 2 aliphatic heterocycles. The molecule has 3 aliphatic rings. The van der Waals surface area contributed by atoms with Gasteiger partial charge in [-0.2, -0.15) is 5.10 Å². The van der Waals surface area contributed by atoms with Gasteiger partial charge in [0.1, 0.15) is 11.5 Å². The van der Waals surface area contributed by atoms with Gasteiger partial charge in [-0.15, -0.1) is 0 Å². The predicted molar refractivity (Wildman–Crippen MR) is 113 cm³/mol. The molecule has 0 radical (unpaired) electrons. The van der Waals surface area contributed by atoms with Crippen molar-refractivity contribution in [1.29, 1.82) is 0 Å². The fraction of sp³-hybridized carbons (Fsp3) is 0.429. The zero-order valence-corrected chi connectivity index (χ0v) is 16.7. The van der Waals surface area contributed by atoms with E-state index in [2.05, 4.69) is 37.8 Å². The number of nitrogens with zero attached hydrogens (tertiary/aromatic N) is 6. The molecule has 0 bridgehead atoms. The number of fused-ring (bicyclic) bond motifs is 3. The van der Waals surface area contributed by atoms with Crippen LogP contribution in [0.25, 0.3) is 11.4 Å². The Morgan fingerprint density at radius 1 is 1.07 bits per heavy atom. The van der Waals surface area contributed by atoms with Crippen molar-refractivity contribution in [2.45, 2.75) is 18.9 Å². The number of ether oxygens (including phenoxy) is 1. The molecule has 6 rings (SSSR count). The van der Waals surface area contributed by atoms with Crippen molar-refractivity contribution < 1.29 is 4.74 Å². The number of piperazine rings is 1. The maximum Gasteiger partial charge on any atom is 0.228 e. The van der Waals surface area contributed by atoms with Gasteiger partial charge in [0.05, 0.1) is 30.2 Å². The topological polar surface area (TPSA) is 93.0 Å². The smallest absolute Gasteiger partial charge is 0.228 e. The summed E-state index contributed by atoms with van der Waals surface area (Å²) in [6.45, 7) is 5.57. The van der Waals surface area contributed by atoms with Crippen LogP contribution >= 0.6 is 0 Å². The van der Waals surface area contributed by atoms with Crippen LogP contribution in [0.4, 0.5) is 17.5 Å². The number of aromatic nitrogens is 5. The minimum atomic E-state index is 0.330. The number of hydrogen-bond donors (Lipinski definition) is 2. The van der Waals surface area contributed by atoms with Crippen LogP contribution in [-0.2, 0) is 11.2 Å². The highest BCUT2D eigenvalue weighted by Crippen LogP contribution is 2.35. The van der Waals surface area contributed by atoms with E-state index in [1.807, 2.05) is 23.1 Å². The van der Waals surface area contributed by atoms with E-state index in [1.54, 1.807) is 0 Å². The Kier molecular flexibility index (Phi) is 4.35. The third-order valence-electron chi connectivity index (χ3n) is 6.03. The lowest BCUT2D eigenvalue weighted by Gasteiger charge is -2.29. The molecule has 0 aromatic carbocycles. The van der Waals surface area contributed by atoms with E-state index in [4.69, 9.17) is 14.8 Å². The second-order valence-electron chi connectivity index (χ2n) is 8.01. The summed E-state index contributed by atoms with van der Waals surface area (Å²) < 4.78 is 7.55. The monoisotopic (exact) mass is 404 g/mol. The molecule has 0 saturated carbocycles. The summed E-state index contributed by atoms with van der Waals surface area (Å²) in [6.07, 6.45) is 7.78. The lowest BCUT2D eigenvalue weighted by Crippen LogP contribution is -2.43. The zero-order valence-electron chi connectivity index (χ0n) is 16.7. The van der Waals surface area contributed by atoms with Crippen LogP contribution in [0.5, 0.6) is 0 Å². The minimum absolute atomic E-state index is 0.330. The van der Waals surface area contributed by atoms with E-state index in [-0.39, 0.29) is 0 Å². The average molecular weight is 404 g/mol. The van der Waals surface area contributed by atoms with Gasteiger partial charge < -0.3 is 20.3 Å². The molecule has 9 nitrogen and oxygen atoms in total. The Labute approximate surface area is 174 Å². The fourth-order valence-corrected chi connectivity index (χ4v) is 4.37. The van der Waals surface area contributed by atoms with Crippen LogP contribution in [0.15, 0.2) is 30.7 Å². The van der Waals surface area contributed by atoms with Gasteiger partial charge in [0.15, 0.2) is 0 Å². The van der Waals surface area contributed by atoms with Crippen LogP contribution in [0.3, 0.4) is 0 Å². The molecule has 2 saturated heterocycles. The molecule has 1 atom stereocenters. The van der Waals surface area contributed by atoms with Crippen molar-refractivity contribution in [2.24, 2.45) is 0 Å². The summed E-state index contributed by atoms with van der Waals surface area (Å²) in [6, 6.07) is 4.41. The largest absolute Gasteiger partial charge is 0.379 e. The molecule has 2 N–H and O–H groups in total. The number of hydrogen-bond acceptors (Lipinski definition) is 8. The van der Waals surface area contributed by atoms with Gasteiger partial charge in [-0.05, 0) is 18.6 Å². The van der Waals surface area contributed by atoms with E-state index in [9.17, 15) is 0 Å². The SMILES string of the molecule is c1cc(Nc2ncc3c(n2)-c2nn(C4CCOC4)cc2C3)ncc1N1CCNCC1.